The number of hydrogen-bond acceptors (Lipinski definition) is 4. The minimum absolute atomic E-state index is 0.0269. The summed E-state index contributed by atoms with van der Waals surface area (Å²) in [5.41, 5.74) is 8.92. The molecule has 1 aromatic heterocycles. The Kier molecular flexibility index (Phi) is 3.60. The fraction of sp³-hybridized carbons (Fsp3) is 0.200. The van der Waals surface area contributed by atoms with Crippen molar-refractivity contribution >= 4 is 17.6 Å². The van der Waals surface area contributed by atoms with Crippen LogP contribution in [0.15, 0.2) is 51.5 Å². The van der Waals surface area contributed by atoms with Crippen molar-refractivity contribution in [2.24, 2.45) is 10.9 Å². The molecule has 0 spiro atoms. The van der Waals surface area contributed by atoms with Crippen molar-refractivity contribution in [2.45, 2.75) is 29.1 Å². The summed E-state index contributed by atoms with van der Waals surface area (Å²) in [7, 11) is 0. The van der Waals surface area contributed by atoms with Gasteiger partial charge in [0.15, 0.2) is 5.84 Å². The second-order valence-electron chi connectivity index (χ2n) is 4.75. The van der Waals surface area contributed by atoms with E-state index in [-0.39, 0.29) is 5.84 Å². The lowest BCUT2D eigenvalue weighted by Crippen LogP contribution is -2.14. The van der Waals surface area contributed by atoms with Gasteiger partial charge >= 0.3 is 0 Å². The van der Waals surface area contributed by atoms with Gasteiger partial charge in [-0.2, -0.15) is 0 Å². The van der Waals surface area contributed by atoms with Gasteiger partial charge in [0, 0.05) is 16.0 Å². The van der Waals surface area contributed by atoms with E-state index in [9.17, 15) is 0 Å². The number of benzene rings is 1. The molecule has 3 rings (SSSR count). The van der Waals surface area contributed by atoms with Gasteiger partial charge in [-0.15, -0.1) is 0 Å². The highest BCUT2D eigenvalue weighted by Gasteiger charge is 2.11. The molecule has 3 N–H and O–H groups in total. The van der Waals surface area contributed by atoms with Crippen LogP contribution in [0, 0.1) is 0 Å². The number of rotatable bonds is 3. The van der Waals surface area contributed by atoms with Gasteiger partial charge in [0.25, 0.3) is 0 Å². The Hall–Kier alpha value is -2.01. The topological polar surface area (TPSA) is 71.5 Å². The van der Waals surface area contributed by atoms with Gasteiger partial charge in [0.05, 0.1) is 0 Å². The number of pyridine rings is 1. The van der Waals surface area contributed by atoms with E-state index in [1.54, 1.807) is 24.0 Å². The fourth-order valence-electron chi connectivity index (χ4n) is 2.39. The van der Waals surface area contributed by atoms with Crippen molar-refractivity contribution in [3.63, 3.8) is 0 Å². The maximum Gasteiger partial charge on any atom is 0.188 e. The molecule has 1 aliphatic rings. The molecular weight excluding hydrogens is 270 g/mol. The molecule has 0 radical (unpaired) electrons. The molecule has 102 valence electrons. The summed E-state index contributed by atoms with van der Waals surface area (Å²) in [5.74, 6) is 0.0269. The van der Waals surface area contributed by atoms with Crippen molar-refractivity contribution in [3.8, 4) is 0 Å². The zero-order valence-corrected chi connectivity index (χ0v) is 11.7. The van der Waals surface area contributed by atoms with Gasteiger partial charge < -0.3 is 10.9 Å². The molecule has 0 fully saturated rings. The van der Waals surface area contributed by atoms with E-state index in [1.165, 1.54) is 35.3 Å². The first-order valence-corrected chi connectivity index (χ1v) is 7.31. The van der Waals surface area contributed by atoms with Gasteiger partial charge in [0.2, 0.25) is 0 Å². The summed E-state index contributed by atoms with van der Waals surface area (Å²) < 4.78 is 0. The number of aryl methyl sites for hydroxylation is 2. The average Bonchev–Trinajstić information content (AvgIpc) is 2.95. The largest absolute Gasteiger partial charge is 0.409 e. The Bertz CT molecular complexity index is 653. The summed E-state index contributed by atoms with van der Waals surface area (Å²) in [4.78, 5) is 6.45. The smallest absolute Gasteiger partial charge is 0.188 e. The minimum Gasteiger partial charge on any atom is -0.409 e. The van der Waals surface area contributed by atoms with Crippen molar-refractivity contribution in [1.29, 1.82) is 0 Å². The first-order valence-electron chi connectivity index (χ1n) is 6.50. The molecule has 4 nitrogen and oxygen atoms in total. The molecule has 0 aliphatic heterocycles. The molecule has 5 heteroatoms. The predicted molar refractivity (Wildman–Crippen MR) is 79.3 cm³/mol. The van der Waals surface area contributed by atoms with E-state index >= 15 is 0 Å². The van der Waals surface area contributed by atoms with E-state index in [4.69, 9.17) is 10.9 Å². The minimum atomic E-state index is 0.0269. The van der Waals surface area contributed by atoms with Gasteiger partial charge in [-0.05, 0) is 54.7 Å². The lowest BCUT2D eigenvalue weighted by atomic mass is 10.1. The number of aromatic nitrogens is 1. The Morgan fingerprint density at radius 1 is 1.15 bits per heavy atom. The number of oxime groups is 1. The maximum atomic E-state index is 8.60. The van der Waals surface area contributed by atoms with Crippen molar-refractivity contribution in [3.05, 3.63) is 53.3 Å². The quantitative estimate of drug-likeness (QED) is 0.394. The number of fused-ring (bicyclic) bond motifs is 1. The maximum absolute atomic E-state index is 8.60. The Labute approximate surface area is 121 Å². The summed E-state index contributed by atoms with van der Waals surface area (Å²) in [6.45, 7) is 0. The van der Waals surface area contributed by atoms with Crippen LogP contribution in [-0.4, -0.2) is 16.0 Å². The number of nitrogens with two attached hydrogens (primary N) is 1. The van der Waals surface area contributed by atoms with E-state index in [2.05, 4.69) is 28.3 Å². The van der Waals surface area contributed by atoms with Gasteiger partial charge in [-0.25, -0.2) is 0 Å². The molecule has 0 saturated heterocycles. The molecule has 2 aromatic rings. The number of amidine groups is 1. The van der Waals surface area contributed by atoms with Crippen LogP contribution in [0.5, 0.6) is 0 Å². The molecule has 0 bridgehead atoms. The van der Waals surface area contributed by atoms with E-state index in [1.807, 2.05) is 6.07 Å². The monoisotopic (exact) mass is 285 g/mol. The van der Waals surface area contributed by atoms with Crippen LogP contribution in [0.3, 0.4) is 0 Å². The third kappa shape index (κ3) is 2.63. The lowest BCUT2D eigenvalue weighted by Gasteiger charge is -2.05. The van der Waals surface area contributed by atoms with E-state index in [0.29, 0.717) is 5.69 Å². The molecule has 20 heavy (non-hydrogen) atoms. The molecule has 1 aliphatic carbocycles. The highest BCUT2D eigenvalue weighted by atomic mass is 32.2. The Balaban J connectivity index is 1.78. The number of hydrogen-bond donors (Lipinski definition) is 2. The number of nitrogens with zero attached hydrogens (tertiary/aromatic N) is 2. The zero-order valence-electron chi connectivity index (χ0n) is 10.9. The van der Waals surface area contributed by atoms with Crippen LogP contribution in [0.25, 0.3) is 0 Å². The standard InChI is InChI=1S/C15H15N3OS/c16-15(18-19)14-7-6-13(9-17-14)20-12-5-4-10-2-1-3-11(10)8-12/h4-9,19H,1-3H2,(H2,16,18). The van der Waals surface area contributed by atoms with Crippen molar-refractivity contribution in [2.75, 3.05) is 0 Å². The van der Waals surface area contributed by atoms with Crippen LogP contribution in [-0.2, 0) is 12.8 Å². The molecule has 1 aromatic carbocycles. The average molecular weight is 285 g/mol. The predicted octanol–water partition coefficient (Wildman–Crippen LogP) is 2.82. The second kappa shape index (κ2) is 5.54. The van der Waals surface area contributed by atoms with Gasteiger partial charge in [-0.1, -0.05) is 23.0 Å². The summed E-state index contributed by atoms with van der Waals surface area (Å²) in [5, 5.41) is 11.5. The molecule has 0 atom stereocenters. The molecular formula is C15H15N3OS. The molecule has 0 saturated carbocycles. The van der Waals surface area contributed by atoms with Crippen LogP contribution >= 0.6 is 11.8 Å². The SMILES string of the molecule is N/C(=N/O)c1ccc(Sc2ccc3c(c2)CCC3)cn1. The molecule has 0 unspecified atom stereocenters. The fourth-order valence-corrected chi connectivity index (χ4v) is 3.24. The lowest BCUT2D eigenvalue weighted by molar-refractivity contribution is 0.318. The van der Waals surface area contributed by atoms with Crippen LogP contribution in [0.2, 0.25) is 0 Å². The van der Waals surface area contributed by atoms with E-state index < -0.39 is 0 Å². The Morgan fingerprint density at radius 3 is 2.70 bits per heavy atom. The van der Waals surface area contributed by atoms with Crippen molar-refractivity contribution in [1.82, 2.24) is 4.98 Å². The van der Waals surface area contributed by atoms with Gasteiger partial charge in [-0.3, -0.25) is 4.98 Å². The van der Waals surface area contributed by atoms with Crippen LogP contribution in [0.1, 0.15) is 23.2 Å². The highest BCUT2D eigenvalue weighted by Crippen LogP contribution is 2.31. The van der Waals surface area contributed by atoms with Crippen LogP contribution < -0.4 is 5.73 Å². The zero-order chi connectivity index (χ0) is 13.9. The second-order valence-corrected chi connectivity index (χ2v) is 5.90. The van der Waals surface area contributed by atoms with E-state index in [0.717, 1.165) is 4.90 Å². The highest BCUT2D eigenvalue weighted by molar-refractivity contribution is 7.99. The Morgan fingerprint density at radius 2 is 1.95 bits per heavy atom. The van der Waals surface area contributed by atoms with Crippen LogP contribution in [0.4, 0.5) is 0 Å². The normalized spacial score (nSPS) is 14.3. The van der Waals surface area contributed by atoms with Crippen molar-refractivity contribution < 1.29 is 5.21 Å². The summed E-state index contributed by atoms with van der Waals surface area (Å²) in [6.07, 6.45) is 5.39. The molecule has 1 heterocycles. The molecule has 0 amide bonds. The van der Waals surface area contributed by atoms with Gasteiger partial charge in [0.1, 0.15) is 5.69 Å². The first-order chi connectivity index (χ1) is 9.76. The summed E-state index contributed by atoms with van der Waals surface area (Å²) >= 11 is 1.68. The third-order valence-corrected chi connectivity index (χ3v) is 4.38. The summed E-state index contributed by atoms with van der Waals surface area (Å²) in [6, 6.07) is 10.3. The first kappa shape index (κ1) is 13.0. The third-order valence-electron chi connectivity index (χ3n) is 3.41.